The summed E-state index contributed by atoms with van der Waals surface area (Å²) in [7, 11) is 0. The van der Waals surface area contributed by atoms with E-state index in [2.05, 4.69) is 17.1 Å². The first kappa shape index (κ1) is 14.5. The predicted molar refractivity (Wildman–Crippen MR) is 68.8 cm³/mol. The molecule has 0 radical (unpaired) electrons. The van der Waals surface area contributed by atoms with Crippen molar-refractivity contribution in [2.45, 2.75) is 45.6 Å². The number of unbranched alkanes of at least 4 members (excludes halogenated alkanes) is 1. The van der Waals surface area contributed by atoms with Crippen LogP contribution in [0.4, 0.5) is 0 Å². The number of aliphatic hydroxyl groups excluding tert-OH is 1. The molecule has 0 bridgehead atoms. The molecule has 0 aromatic carbocycles. The highest BCUT2D eigenvalue weighted by molar-refractivity contribution is 5.81. The average Bonchev–Trinajstić information content (AvgIpc) is 2.77. The van der Waals surface area contributed by atoms with E-state index in [1.54, 1.807) is 0 Å². The van der Waals surface area contributed by atoms with Gasteiger partial charge in [-0.1, -0.05) is 13.3 Å². The molecule has 1 aliphatic heterocycles. The van der Waals surface area contributed by atoms with Gasteiger partial charge in [-0.15, -0.1) is 0 Å². The van der Waals surface area contributed by atoms with Crippen LogP contribution in [-0.2, 0) is 4.79 Å². The van der Waals surface area contributed by atoms with E-state index in [1.165, 1.54) is 0 Å². The van der Waals surface area contributed by atoms with Crippen LogP contribution in [0, 0.1) is 5.92 Å². The maximum absolute atomic E-state index is 11.9. The van der Waals surface area contributed by atoms with Gasteiger partial charge in [0.05, 0.1) is 6.04 Å². The number of hydrogen-bond acceptors (Lipinski definition) is 3. The summed E-state index contributed by atoms with van der Waals surface area (Å²) in [5.41, 5.74) is 0. The van der Waals surface area contributed by atoms with Gasteiger partial charge in [0.25, 0.3) is 0 Å². The first-order chi connectivity index (χ1) is 8.19. The minimum Gasteiger partial charge on any atom is -0.396 e. The smallest absolute Gasteiger partial charge is 0.237 e. The summed E-state index contributed by atoms with van der Waals surface area (Å²) in [6.45, 7) is 7.07. The molecule has 1 saturated heterocycles. The van der Waals surface area contributed by atoms with Gasteiger partial charge >= 0.3 is 0 Å². The van der Waals surface area contributed by atoms with Crippen molar-refractivity contribution >= 4 is 5.91 Å². The summed E-state index contributed by atoms with van der Waals surface area (Å²) >= 11 is 0. The Labute approximate surface area is 104 Å². The average molecular weight is 242 g/mol. The Morgan fingerprint density at radius 3 is 3.00 bits per heavy atom. The van der Waals surface area contributed by atoms with Crippen LogP contribution >= 0.6 is 0 Å². The molecular formula is C13H26N2O2. The molecule has 2 N–H and O–H groups in total. The van der Waals surface area contributed by atoms with Crippen LogP contribution in [0.15, 0.2) is 0 Å². The molecule has 4 nitrogen and oxygen atoms in total. The van der Waals surface area contributed by atoms with Crippen molar-refractivity contribution < 1.29 is 9.90 Å². The van der Waals surface area contributed by atoms with Crippen LogP contribution in [0.25, 0.3) is 0 Å². The van der Waals surface area contributed by atoms with Gasteiger partial charge in [-0.05, 0) is 38.6 Å². The predicted octanol–water partition coefficient (Wildman–Crippen LogP) is 0.995. The van der Waals surface area contributed by atoms with E-state index in [4.69, 9.17) is 5.11 Å². The van der Waals surface area contributed by atoms with Gasteiger partial charge < -0.3 is 10.4 Å². The topological polar surface area (TPSA) is 52.6 Å². The van der Waals surface area contributed by atoms with Crippen LogP contribution in [0.5, 0.6) is 0 Å². The zero-order chi connectivity index (χ0) is 12.7. The Bertz CT molecular complexity index is 233. The highest BCUT2D eigenvalue weighted by atomic mass is 16.3. The van der Waals surface area contributed by atoms with Gasteiger partial charge in [0, 0.05) is 19.7 Å². The molecule has 1 heterocycles. The van der Waals surface area contributed by atoms with E-state index in [0.717, 1.165) is 45.3 Å². The number of aliphatic hydroxyl groups is 1. The molecule has 0 aliphatic carbocycles. The molecule has 1 rings (SSSR count). The quantitative estimate of drug-likeness (QED) is 0.655. The molecule has 1 aliphatic rings. The number of likely N-dealkylation sites (tertiary alicyclic amines) is 1. The summed E-state index contributed by atoms with van der Waals surface area (Å²) in [6.07, 6.45) is 4.12. The van der Waals surface area contributed by atoms with Gasteiger partial charge in [-0.2, -0.15) is 0 Å². The van der Waals surface area contributed by atoms with Gasteiger partial charge in [-0.25, -0.2) is 0 Å². The lowest BCUT2D eigenvalue weighted by molar-refractivity contribution is -0.125. The van der Waals surface area contributed by atoms with E-state index in [-0.39, 0.29) is 18.6 Å². The molecule has 17 heavy (non-hydrogen) atoms. The molecule has 1 fully saturated rings. The van der Waals surface area contributed by atoms with Crippen LogP contribution in [0.1, 0.15) is 39.5 Å². The van der Waals surface area contributed by atoms with Crippen molar-refractivity contribution in [1.82, 2.24) is 10.2 Å². The molecule has 1 amide bonds. The van der Waals surface area contributed by atoms with Gasteiger partial charge in [0.15, 0.2) is 0 Å². The number of rotatable bonds is 7. The normalized spacial score (nSPS) is 22.6. The lowest BCUT2D eigenvalue weighted by Gasteiger charge is -2.23. The maximum Gasteiger partial charge on any atom is 0.237 e. The Balaban J connectivity index is 2.27. The molecular weight excluding hydrogens is 216 g/mol. The number of amides is 1. The monoisotopic (exact) mass is 242 g/mol. The van der Waals surface area contributed by atoms with Crippen molar-refractivity contribution in [3.8, 4) is 0 Å². The van der Waals surface area contributed by atoms with E-state index in [1.807, 2.05) is 6.92 Å². The van der Waals surface area contributed by atoms with E-state index < -0.39 is 0 Å². The lowest BCUT2D eigenvalue weighted by Crippen LogP contribution is -2.44. The maximum atomic E-state index is 11.9. The molecule has 4 heteroatoms. The molecule has 0 aromatic rings. The fourth-order valence-electron chi connectivity index (χ4n) is 2.33. The molecule has 100 valence electrons. The van der Waals surface area contributed by atoms with Gasteiger partial charge in [0.2, 0.25) is 5.91 Å². The number of carbonyl (C=O) groups is 1. The third kappa shape index (κ3) is 4.64. The lowest BCUT2D eigenvalue weighted by atomic mass is 10.1. The Morgan fingerprint density at radius 2 is 2.35 bits per heavy atom. The van der Waals surface area contributed by atoms with Crippen molar-refractivity contribution in [3.63, 3.8) is 0 Å². The van der Waals surface area contributed by atoms with Gasteiger partial charge in [0.1, 0.15) is 0 Å². The molecule has 0 aromatic heterocycles. The zero-order valence-corrected chi connectivity index (χ0v) is 11.1. The van der Waals surface area contributed by atoms with Crippen LogP contribution in [0.3, 0.4) is 0 Å². The Hall–Kier alpha value is -0.610. The minimum atomic E-state index is -0.0319. The van der Waals surface area contributed by atoms with Crippen LogP contribution in [-0.4, -0.2) is 48.2 Å². The second-order valence-electron chi connectivity index (χ2n) is 4.98. The summed E-state index contributed by atoms with van der Waals surface area (Å²) in [4.78, 5) is 14.1. The highest BCUT2D eigenvalue weighted by Crippen LogP contribution is 2.21. The van der Waals surface area contributed by atoms with Crippen LogP contribution in [0.2, 0.25) is 0 Å². The number of nitrogens with one attached hydrogen (secondary N) is 1. The minimum absolute atomic E-state index is 0.0319. The van der Waals surface area contributed by atoms with Crippen molar-refractivity contribution in [2.75, 3.05) is 26.2 Å². The zero-order valence-electron chi connectivity index (χ0n) is 11.1. The van der Waals surface area contributed by atoms with E-state index >= 15 is 0 Å². The van der Waals surface area contributed by atoms with Crippen molar-refractivity contribution in [2.24, 2.45) is 5.92 Å². The number of carbonyl (C=O) groups excluding carboxylic acids is 1. The van der Waals surface area contributed by atoms with Gasteiger partial charge in [-0.3, -0.25) is 9.69 Å². The molecule has 0 saturated carbocycles. The van der Waals surface area contributed by atoms with Crippen LogP contribution < -0.4 is 5.32 Å². The van der Waals surface area contributed by atoms with E-state index in [9.17, 15) is 4.79 Å². The molecule has 2 atom stereocenters. The van der Waals surface area contributed by atoms with Crippen molar-refractivity contribution in [1.29, 1.82) is 0 Å². The molecule has 0 spiro atoms. The summed E-state index contributed by atoms with van der Waals surface area (Å²) in [6, 6.07) is -0.0319. The second-order valence-corrected chi connectivity index (χ2v) is 4.98. The molecule has 2 unspecified atom stereocenters. The van der Waals surface area contributed by atoms with Crippen molar-refractivity contribution in [3.05, 3.63) is 0 Å². The summed E-state index contributed by atoms with van der Waals surface area (Å²) < 4.78 is 0. The first-order valence-corrected chi connectivity index (χ1v) is 6.81. The fraction of sp³-hybridized carbons (Fsp3) is 0.923. The number of nitrogens with zero attached hydrogens (tertiary/aromatic N) is 1. The Kier molecular flexibility index (Phi) is 6.52. The second kappa shape index (κ2) is 7.67. The first-order valence-electron chi connectivity index (χ1n) is 6.81. The summed E-state index contributed by atoms with van der Waals surface area (Å²) in [5, 5.41) is 11.9. The summed E-state index contributed by atoms with van der Waals surface area (Å²) in [5.74, 6) is 0.703. The SMILES string of the molecule is CCCCNC(=O)C(C)N1CCC(CCO)C1. The largest absolute Gasteiger partial charge is 0.396 e. The third-order valence-electron chi connectivity index (χ3n) is 3.61. The Morgan fingerprint density at radius 1 is 1.59 bits per heavy atom. The van der Waals surface area contributed by atoms with E-state index in [0.29, 0.717) is 5.92 Å². The highest BCUT2D eigenvalue weighted by Gasteiger charge is 2.28. The standard InChI is InChI=1S/C13H26N2O2/c1-3-4-7-14-13(17)11(2)15-8-5-12(10-15)6-9-16/h11-12,16H,3-10H2,1-2H3,(H,14,17). The number of hydrogen-bond donors (Lipinski definition) is 2. The fourth-order valence-corrected chi connectivity index (χ4v) is 2.33. The third-order valence-corrected chi connectivity index (χ3v) is 3.61.